The Kier molecular flexibility index (Phi) is 6.64. The molecular weight excluding hydrogens is 311 g/mol. The van der Waals surface area contributed by atoms with Gasteiger partial charge in [-0.2, -0.15) is 0 Å². The molecule has 0 aliphatic rings. The van der Waals surface area contributed by atoms with Crippen LogP contribution in [0.4, 0.5) is 0 Å². The van der Waals surface area contributed by atoms with Gasteiger partial charge in [0.05, 0.1) is 19.4 Å². The largest absolute Gasteiger partial charge is 0.507 e. The van der Waals surface area contributed by atoms with Crippen molar-refractivity contribution in [3.05, 3.63) is 35.4 Å². The minimum absolute atomic E-state index is 0.179. The van der Waals surface area contributed by atoms with Crippen LogP contribution < -0.4 is 0 Å². The van der Waals surface area contributed by atoms with Gasteiger partial charge in [0.1, 0.15) is 5.75 Å². The predicted octanol–water partition coefficient (Wildman–Crippen LogP) is 5.49. The molecule has 130 valence electrons. The smallest absolute Gasteiger partial charge is 0.335 e. The van der Waals surface area contributed by atoms with Crippen molar-refractivity contribution in [1.29, 1.82) is 0 Å². The molecule has 23 heavy (non-hydrogen) atoms. The highest BCUT2D eigenvalue weighted by molar-refractivity contribution is 7.53. The quantitative estimate of drug-likeness (QED) is 0.667. The van der Waals surface area contributed by atoms with Gasteiger partial charge in [-0.3, -0.25) is 4.57 Å². The third kappa shape index (κ3) is 5.20. The van der Waals surface area contributed by atoms with Crippen LogP contribution in [-0.2, 0) is 25.2 Å². The van der Waals surface area contributed by atoms with E-state index >= 15 is 0 Å². The molecule has 0 saturated heterocycles. The van der Waals surface area contributed by atoms with E-state index < -0.39 is 7.60 Å². The van der Waals surface area contributed by atoms with E-state index in [-0.39, 0.29) is 17.3 Å². The van der Waals surface area contributed by atoms with Gasteiger partial charge in [-0.1, -0.05) is 33.4 Å². The third-order valence-electron chi connectivity index (χ3n) is 3.47. The summed E-state index contributed by atoms with van der Waals surface area (Å²) in [6.07, 6.45) is 0.179. The van der Waals surface area contributed by atoms with E-state index in [0.717, 1.165) is 16.7 Å². The lowest BCUT2D eigenvalue weighted by Crippen LogP contribution is -2.13. The van der Waals surface area contributed by atoms with Crippen molar-refractivity contribution in [2.24, 2.45) is 0 Å². The van der Waals surface area contributed by atoms with Crippen molar-refractivity contribution in [1.82, 2.24) is 0 Å². The molecule has 0 bridgehead atoms. The van der Waals surface area contributed by atoms with Gasteiger partial charge in [-0.05, 0) is 43.4 Å². The molecule has 0 unspecified atom stereocenters. The molecule has 0 fully saturated rings. The lowest BCUT2D eigenvalue weighted by atomic mass is 9.83. The maximum absolute atomic E-state index is 12.8. The fourth-order valence-corrected chi connectivity index (χ4v) is 4.10. The van der Waals surface area contributed by atoms with E-state index in [1.54, 1.807) is 13.8 Å². The second-order valence-corrected chi connectivity index (χ2v) is 8.73. The van der Waals surface area contributed by atoms with Gasteiger partial charge < -0.3 is 14.2 Å². The van der Waals surface area contributed by atoms with Gasteiger partial charge in [0.2, 0.25) is 0 Å². The van der Waals surface area contributed by atoms with Gasteiger partial charge in [0.15, 0.2) is 0 Å². The molecule has 4 nitrogen and oxygen atoms in total. The summed E-state index contributed by atoms with van der Waals surface area (Å²) in [5, 5.41) is 10.5. The zero-order chi connectivity index (χ0) is 17.8. The monoisotopic (exact) mass is 340 g/mol. The van der Waals surface area contributed by atoms with Crippen LogP contribution in [0.15, 0.2) is 18.7 Å². The van der Waals surface area contributed by atoms with Crippen molar-refractivity contribution in [2.75, 3.05) is 13.2 Å². The Morgan fingerprint density at radius 3 is 2.13 bits per heavy atom. The minimum atomic E-state index is -3.19. The number of hydrogen-bond acceptors (Lipinski definition) is 4. The highest BCUT2D eigenvalue weighted by atomic mass is 31.2. The number of aromatic hydroxyl groups is 1. The Labute approximate surface area is 140 Å². The van der Waals surface area contributed by atoms with E-state index in [9.17, 15) is 9.67 Å². The average molecular weight is 340 g/mol. The predicted molar refractivity (Wildman–Crippen MR) is 96.1 cm³/mol. The molecule has 0 spiro atoms. The van der Waals surface area contributed by atoms with Crippen LogP contribution in [0.2, 0.25) is 0 Å². The maximum atomic E-state index is 12.8. The summed E-state index contributed by atoms with van der Waals surface area (Å²) in [6.45, 7) is 16.1. The summed E-state index contributed by atoms with van der Waals surface area (Å²) in [5.74, 6) is 0.233. The second kappa shape index (κ2) is 7.65. The summed E-state index contributed by atoms with van der Waals surface area (Å²) >= 11 is 0. The first-order valence-electron chi connectivity index (χ1n) is 7.94. The summed E-state index contributed by atoms with van der Waals surface area (Å²) in [6, 6.07) is 3.70. The van der Waals surface area contributed by atoms with Crippen LogP contribution >= 0.6 is 7.60 Å². The molecular formula is C18H29O4P. The molecule has 0 atom stereocenters. The number of phenolic OH excluding ortho intramolecular Hbond substituents is 1. The van der Waals surface area contributed by atoms with Crippen molar-refractivity contribution < 1.29 is 18.7 Å². The molecule has 5 heteroatoms. The minimum Gasteiger partial charge on any atom is -0.507 e. The van der Waals surface area contributed by atoms with E-state index in [0.29, 0.717) is 18.8 Å². The van der Waals surface area contributed by atoms with Gasteiger partial charge in [0.25, 0.3) is 0 Å². The zero-order valence-corrected chi connectivity index (χ0v) is 16.0. The summed E-state index contributed by atoms with van der Waals surface area (Å²) < 4.78 is 23.5. The van der Waals surface area contributed by atoms with Gasteiger partial charge in [-0.25, -0.2) is 0 Å². The molecule has 0 aliphatic carbocycles. The van der Waals surface area contributed by atoms with E-state index in [1.165, 1.54) is 0 Å². The first-order chi connectivity index (χ1) is 10.5. The highest BCUT2D eigenvalue weighted by Gasteiger charge is 2.27. The van der Waals surface area contributed by atoms with E-state index in [2.05, 4.69) is 6.58 Å². The summed E-state index contributed by atoms with van der Waals surface area (Å²) in [7, 11) is -3.19. The first-order valence-corrected chi connectivity index (χ1v) is 9.67. The van der Waals surface area contributed by atoms with E-state index in [4.69, 9.17) is 9.05 Å². The van der Waals surface area contributed by atoms with Crippen LogP contribution in [0.25, 0.3) is 5.57 Å². The molecule has 1 N–H and O–H groups in total. The maximum Gasteiger partial charge on any atom is 0.335 e. The van der Waals surface area contributed by atoms with Crippen molar-refractivity contribution in [3.63, 3.8) is 0 Å². The molecule has 1 aromatic carbocycles. The molecule has 0 aromatic heterocycles. The Bertz CT molecular complexity index is 604. The highest BCUT2D eigenvalue weighted by Crippen LogP contribution is 2.52. The van der Waals surface area contributed by atoms with E-state index in [1.807, 2.05) is 39.8 Å². The summed E-state index contributed by atoms with van der Waals surface area (Å²) in [4.78, 5) is 0. The fraction of sp³-hybridized carbons (Fsp3) is 0.556. The summed E-state index contributed by atoms with van der Waals surface area (Å²) in [5.41, 5.74) is 2.80. The zero-order valence-electron chi connectivity index (χ0n) is 15.1. The first kappa shape index (κ1) is 20.0. The van der Waals surface area contributed by atoms with Crippen LogP contribution in [-0.4, -0.2) is 18.3 Å². The Morgan fingerprint density at radius 2 is 1.74 bits per heavy atom. The molecule has 0 heterocycles. The van der Waals surface area contributed by atoms with Gasteiger partial charge >= 0.3 is 7.60 Å². The number of benzene rings is 1. The van der Waals surface area contributed by atoms with Crippen LogP contribution in [0, 0.1) is 0 Å². The molecule has 1 aromatic rings. The van der Waals surface area contributed by atoms with Crippen molar-refractivity contribution in [3.8, 4) is 5.75 Å². The lowest BCUT2D eigenvalue weighted by molar-refractivity contribution is 0.219. The van der Waals surface area contributed by atoms with Gasteiger partial charge in [0, 0.05) is 11.1 Å². The Hall–Kier alpha value is -1.09. The van der Waals surface area contributed by atoms with Gasteiger partial charge in [-0.15, -0.1) is 0 Å². The SMILES string of the molecule is C=C(C)c1cc(CP(=O)(OCC)OCC)cc(C(C)(C)C)c1O. The molecule has 0 amide bonds. The molecule has 1 rings (SSSR count). The third-order valence-corrected chi connectivity index (χ3v) is 5.52. The number of allylic oxidation sites excluding steroid dienone is 1. The van der Waals surface area contributed by atoms with Crippen molar-refractivity contribution >= 4 is 13.2 Å². The average Bonchev–Trinajstić information content (AvgIpc) is 2.39. The number of rotatable bonds is 7. The van der Waals surface area contributed by atoms with Crippen molar-refractivity contribution in [2.45, 2.75) is 53.1 Å². The van der Waals surface area contributed by atoms with Crippen LogP contribution in [0.5, 0.6) is 5.75 Å². The molecule has 0 saturated carbocycles. The lowest BCUT2D eigenvalue weighted by Gasteiger charge is -2.24. The van der Waals surface area contributed by atoms with Crippen LogP contribution in [0.1, 0.15) is 58.2 Å². The number of hydrogen-bond donors (Lipinski definition) is 1. The standard InChI is InChI=1S/C18H29O4P/c1-8-21-23(20,22-9-2)12-14-10-15(13(3)4)17(19)16(11-14)18(5,6)7/h10-11,19H,3,8-9,12H2,1-2,4-7H3. The normalized spacial score (nSPS) is 12.4. The topological polar surface area (TPSA) is 55.8 Å². The Balaban J connectivity index is 3.39. The van der Waals surface area contributed by atoms with Crippen LogP contribution in [0.3, 0.4) is 0 Å². The second-order valence-electron chi connectivity index (χ2n) is 6.67. The molecule has 0 aliphatic heterocycles. The number of phenols is 1. The Morgan fingerprint density at radius 1 is 1.22 bits per heavy atom. The fourth-order valence-electron chi connectivity index (χ4n) is 2.43. The molecule has 0 radical (unpaired) electrons.